The molecule has 2 aliphatic heterocycles. The van der Waals surface area contributed by atoms with Gasteiger partial charge in [0.05, 0.1) is 19.3 Å². The molecule has 0 bridgehead atoms. The van der Waals surface area contributed by atoms with E-state index in [1.54, 1.807) is 0 Å². The van der Waals surface area contributed by atoms with E-state index in [1.165, 1.54) is 5.69 Å². The minimum absolute atomic E-state index is 0.309. The maximum Gasteiger partial charge on any atom is 0.119 e. The lowest BCUT2D eigenvalue weighted by Crippen LogP contribution is -2.27. The summed E-state index contributed by atoms with van der Waals surface area (Å²) in [5, 5.41) is 0. The molecule has 3 rings (SSSR count). The molecule has 0 aliphatic carbocycles. The second-order valence-corrected chi connectivity index (χ2v) is 4.75. The van der Waals surface area contributed by atoms with Gasteiger partial charge in [0, 0.05) is 18.8 Å². The highest BCUT2D eigenvalue weighted by Crippen LogP contribution is 2.22. The van der Waals surface area contributed by atoms with Gasteiger partial charge in [0.25, 0.3) is 0 Å². The molecular formula is C14H19NO3. The Labute approximate surface area is 107 Å². The third-order valence-electron chi connectivity index (χ3n) is 3.25. The Morgan fingerprint density at radius 2 is 1.83 bits per heavy atom. The fourth-order valence-electron chi connectivity index (χ4n) is 1.94. The Morgan fingerprint density at radius 1 is 1.17 bits per heavy atom. The quantitative estimate of drug-likeness (QED) is 0.689. The van der Waals surface area contributed by atoms with Crippen LogP contribution in [0.5, 0.6) is 5.75 Å². The summed E-state index contributed by atoms with van der Waals surface area (Å²) < 4.78 is 16.0. The van der Waals surface area contributed by atoms with Crippen molar-refractivity contribution in [2.24, 2.45) is 0 Å². The summed E-state index contributed by atoms with van der Waals surface area (Å²) in [6.07, 6.45) is 0.733. The summed E-state index contributed by atoms with van der Waals surface area (Å²) in [5.41, 5.74) is 1.23. The molecule has 1 aromatic rings. The van der Waals surface area contributed by atoms with E-state index in [4.69, 9.17) is 14.2 Å². The number of nitrogens with zero attached hydrogens (tertiary/aromatic N) is 1. The molecule has 2 heterocycles. The first-order valence-corrected chi connectivity index (χ1v) is 6.56. The predicted octanol–water partition coefficient (Wildman–Crippen LogP) is 1.69. The number of anilines is 1. The molecule has 0 N–H and O–H groups in total. The number of ether oxygens (including phenoxy) is 3. The van der Waals surface area contributed by atoms with Crippen LogP contribution >= 0.6 is 0 Å². The van der Waals surface area contributed by atoms with Crippen LogP contribution in [0.1, 0.15) is 6.92 Å². The van der Waals surface area contributed by atoms with Crippen molar-refractivity contribution in [1.82, 2.24) is 0 Å². The van der Waals surface area contributed by atoms with Crippen LogP contribution in [-0.2, 0) is 9.47 Å². The maximum absolute atomic E-state index is 5.62. The van der Waals surface area contributed by atoms with E-state index in [-0.39, 0.29) is 0 Å². The van der Waals surface area contributed by atoms with E-state index >= 15 is 0 Å². The lowest BCUT2D eigenvalue weighted by Gasteiger charge is -2.22. The molecule has 0 spiro atoms. The summed E-state index contributed by atoms with van der Waals surface area (Å²) in [4.78, 5) is 2.32. The first-order chi connectivity index (χ1) is 8.85. The fourth-order valence-corrected chi connectivity index (χ4v) is 1.94. The van der Waals surface area contributed by atoms with Crippen molar-refractivity contribution in [2.75, 3.05) is 37.8 Å². The number of rotatable bonds is 7. The Morgan fingerprint density at radius 3 is 2.39 bits per heavy atom. The van der Waals surface area contributed by atoms with Gasteiger partial charge in [-0.1, -0.05) is 0 Å². The molecule has 2 aliphatic rings. The maximum atomic E-state index is 5.62. The van der Waals surface area contributed by atoms with E-state index in [2.05, 4.69) is 24.0 Å². The minimum Gasteiger partial charge on any atom is -0.491 e. The molecule has 2 fully saturated rings. The summed E-state index contributed by atoms with van der Waals surface area (Å²) in [6, 6.07) is 8.26. The zero-order chi connectivity index (χ0) is 12.4. The summed E-state index contributed by atoms with van der Waals surface area (Å²) in [6.45, 7) is 6.54. The van der Waals surface area contributed by atoms with Crippen molar-refractivity contribution < 1.29 is 14.2 Å². The van der Waals surface area contributed by atoms with Crippen LogP contribution in [0.15, 0.2) is 24.3 Å². The van der Waals surface area contributed by atoms with Gasteiger partial charge in [0.2, 0.25) is 0 Å². The molecule has 1 aromatic carbocycles. The largest absolute Gasteiger partial charge is 0.491 e. The van der Waals surface area contributed by atoms with Crippen molar-refractivity contribution in [3.63, 3.8) is 0 Å². The molecule has 0 aromatic heterocycles. The smallest absolute Gasteiger partial charge is 0.119 e. The lowest BCUT2D eigenvalue weighted by atomic mass is 10.2. The molecule has 2 saturated heterocycles. The van der Waals surface area contributed by atoms with Crippen molar-refractivity contribution in [2.45, 2.75) is 19.1 Å². The van der Waals surface area contributed by atoms with Gasteiger partial charge in [-0.3, -0.25) is 0 Å². The van der Waals surface area contributed by atoms with Crippen molar-refractivity contribution in [3.8, 4) is 5.75 Å². The van der Waals surface area contributed by atoms with Gasteiger partial charge in [-0.2, -0.15) is 0 Å². The molecule has 2 unspecified atom stereocenters. The van der Waals surface area contributed by atoms with Gasteiger partial charge in [-0.05, 0) is 31.2 Å². The lowest BCUT2D eigenvalue weighted by molar-refractivity contribution is 0.263. The molecule has 18 heavy (non-hydrogen) atoms. The number of likely N-dealkylation sites (N-methyl/N-ethyl adjacent to an activating group) is 1. The normalized spacial score (nSPS) is 24.7. The molecule has 0 amide bonds. The Balaban J connectivity index is 1.57. The fraction of sp³-hybridized carbons (Fsp3) is 0.571. The third kappa shape index (κ3) is 3.15. The monoisotopic (exact) mass is 249 g/mol. The summed E-state index contributed by atoms with van der Waals surface area (Å²) in [5.74, 6) is 0.910. The topological polar surface area (TPSA) is 37.5 Å². The minimum atomic E-state index is 0.309. The Hall–Kier alpha value is -1.26. The molecule has 98 valence electrons. The molecule has 2 atom stereocenters. The van der Waals surface area contributed by atoms with Crippen molar-refractivity contribution in [3.05, 3.63) is 24.3 Å². The Kier molecular flexibility index (Phi) is 3.39. The number of hydrogen-bond acceptors (Lipinski definition) is 4. The zero-order valence-electron chi connectivity index (χ0n) is 10.7. The van der Waals surface area contributed by atoms with Crippen LogP contribution in [0.2, 0.25) is 0 Å². The van der Waals surface area contributed by atoms with Crippen LogP contribution in [0, 0.1) is 0 Å². The highest BCUT2D eigenvalue weighted by molar-refractivity contribution is 5.49. The van der Waals surface area contributed by atoms with Crippen LogP contribution < -0.4 is 9.64 Å². The van der Waals surface area contributed by atoms with Crippen molar-refractivity contribution in [1.29, 1.82) is 0 Å². The van der Waals surface area contributed by atoms with Gasteiger partial charge < -0.3 is 19.1 Å². The number of benzene rings is 1. The van der Waals surface area contributed by atoms with Gasteiger partial charge in [-0.25, -0.2) is 0 Å². The van der Waals surface area contributed by atoms with E-state index in [0.29, 0.717) is 18.8 Å². The van der Waals surface area contributed by atoms with Crippen LogP contribution in [0.25, 0.3) is 0 Å². The first-order valence-electron chi connectivity index (χ1n) is 6.56. The zero-order valence-corrected chi connectivity index (χ0v) is 10.7. The molecule has 0 saturated carbocycles. The molecule has 0 radical (unpaired) electrons. The summed E-state index contributed by atoms with van der Waals surface area (Å²) in [7, 11) is 0. The van der Waals surface area contributed by atoms with Crippen LogP contribution in [0.3, 0.4) is 0 Å². The highest BCUT2D eigenvalue weighted by atomic mass is 16.6. The summed E-state index contributed by atoms with van der Waals surface area (Å²) >= 11 is 0. The number of hydrogen-bond donors (Lipinski definition) is 0. The first kappa shape index (κ1) is 11.8. The van der Waals surface area contributed by atoms with Gasteiger partial charge in [0.1, 0.15) is 18.5 Å². The average molecular weight is 249 g/mol. The van der Waals surface area contributed by atoms with E-state index < -0.39 is 0 Å². The van der Waals surface area contributed by atoms with Gasteiger partial charge >= 0.3 is 0 Å². The second kappa shape index (κ2) is 5.16. The van der Waals surface area contributed by atoms with Crippen LogP contribution in [0.4, 0.5) is 5.69 Å². The third-order valence-corrected chi connectivity index (χ3v) is 3.25. The van der Waals surface area contributed by atoms with Gasteiger partial charge in [0.15, 0.2) is 0 Å². The highest BCUT2D eigenvalue weighted by Gasteiger charge is 2.25. The second-order valence-electron chi connectivity index (χ2n) is 4.75. The average Bonchev–Trinajstić information content (AvgIpc) is 3.28. The van der Waals surface area contributed by atoms with Gasteiger partial charge in [-0.15, -0.1) is 0 Å². The SMILES string of the molecule is CCN(CC1CO1)c1ccc(OCC2CO2)cc1. The molecular weight excluding hydrogens is 230 g/mol. The Bertz CT molecular complexity index is 385. The van der Waals surface area contributed by atoms with E-state index in [1.807, 2.05) is 12.1 Å². The number of epoxide rings is 2. The van der Waals surface area contributed by atoms with E-state index in [9.17, 15) is 0 Å². The molecule has 4 heteroatoms. The van der Waals surface area contributed by atoms with Crippen LogP contribution in [-0.4, -0.2) is 45.1 Å². The predicted molar refractivity (Wildman–Crippen MR) is 69.3 cm³/mol. The van der Waals surface area contributed by atoms with Crippen molar-refractivity contribution >= 4 is 5.69 Å². The standard InChI is InChI=1S/C14H19NO3/c1-2-15(7-13-8-17-13)11-3-5-12(6-4-11)16-9-14-10-18-14/h3-6,13-14H,2,7-10H2,1H3. The van der Waals surface area contributed by atoms with E-state index in [0.717, 1.165) is 32.1 Å². The molecule has 4 nitrogen and oxygen atoms in total.